The number of pyridine rings is 2. The van der Waals surface area contributed by atoms with Gasteiger partial charge in [0.1, 0.15) is 23.7 Å². The summed E-state index contributed by atoms with van der Waals surface area (Å²) in [5.41, 5.74) is -2.74. The Labute approximate surface area is 673 Å². The SMILES string of the molecule is CC(C)Oc1ccc2c(O[C@@H]3C[C@H]4C(=O)C[C@]5(C(=O)NS(=O)(=O)C6(C)CC6)C[C@H]5/C=C\CC[C@@H](C)C[C@@H](C)[C@H](CC(=O)O[C@H](C)C(F)(F)F)C(=O)N4C3)nccc2c1.CC(C)Oc1ccc2c(O[C@@H]3C[C@H]4C(=O)C[C@]5(C(=O)NS(=O)(=O)C6(C)CC6)C[C@H]5/C=C\CC[C@H](C)C[C@@H](C)[C@H](CC(=O)O[C@H](C)C(F)(F)F)C(=O)N4C3)nccc2c1. The van der Waals surface area contributed by atoms with Crippen LogP contribution in [-0.2, 0) is 67.9 Å². The zero-order chi connectivity index (χ0) is 84.7. The Morgan fingerprint density at radius 3 is 1.24 bits per heavy atom. The van der Waals surface area contributed by atoms with E-state index in [0.717, 1.165) is 24.6 Å². The minimum atomic E-state index is -4.80. The van der Waals surface area contributed by atoms with Gasteiger partial charge in [0.25, 0.3) is 0 Å². The number of carbonyl (C=O) groups excluding carboxylic acids is 8. The van der Waals surface area contributed by atoms with Gasteiger partial charge >= 0.3 is 24.3 Å². The largest absolute Gasteiger partial charge is 0.491 e. The average Bonchev–Trinajstić information content (AvgIpc) is 1.57. The van der Waals surface area contributed by atoms with Crippen LogP contribution in [0, 0.1) is 58.2 Å². The van der Waals surface area contributed by atoms with Crippen LogP contribution in [0.15, 0.2) is 85.2 Å². The number of amides is 4. The fraction of sp³-hybridized carbons (Fsp3) is 0.643. The summed E-state index contributed by atoms with van der Waals surface area (Å²) in [5, 5.41) is 2.84. The number of sulfonamides is 2. The van der Waals surface area contributed by atoms with Crippen LogP contribution >= 0.6 is 0 Å². The molecule has 8 aliphatic rings. The van der Waals surface area contributed by atoms with Crippen LogP contribution in [0.2, 0.25) is 0 Å². The van der Waals surface area contributed by atoms with Gasteiger partial charge in [-0.3, -0.25) is 47.8 Å². The van der Waals surface area contributed by atoms with Crippen molar-refractivity contribution in [1.82, 2.24) is 29.2 Å². The number of aromatic nitrogens is 2. The van der Waals surface area contributed by atoms with Crippen molar-refractivity contribution in [2.75, 3.05) is 13.1 Å². The number of Topliss-reactive ketones (excluding diaryl/α,β-unsaturated/α-hetero) is 2. The number of hydrogen-bond donors (Lipinski definition) is 2. The van der Waals surface area contributed by atoms with Gasteiger partial charge in [-0.05, 0) is 227 Å². The highest BCUT2D eigenvalue weighted by atomic mass is 32.2. The van der Waals surface area contributed by atoms with Gasteiger partial charge in [0, 0.05) is 48.8 Å². The van der Waals surface area contributed by atoms with E-state index in [1.54, 1.807) is 76.5 Å². The van der Waals surface area contributed by atoms with E-state index in [0.29, 0.717) is 86.5 Å². The van der Waals surface area contributed by atoms with Gasteiger partial charge < -0.3 is 38.2 Å². The summed E-state index contributed by atoms with van der Waals surface area (Å²) >= 11 is 0. The van der Waals surface area contributed by atoms with Gasteiger partial charge in [0.05, 0.1) is 82.4 Å². The normalized spacial score (nSPS) is 30.0. The van der Waals surface area contributed by atoms with Gasteiger partial charge in [0.2, 0.25) is 55.4 Å². The molecule has 0 bridgehead atoms. The Hall–Kier alpha value is -8.42. The molecule has 2 aromatic carbocycles. The van der Waals surface area contributed by atoms with Crippen LogP contribution in [-0.4, -0.2) is 167 Å². The van der Waals surface area contributed by atoms with Crippen molar-refractivity contribution in [3.8, 4) is 23.3 Å². The number of ether oxygens (including phenoxy) is 6. The van der Waals surface area contributed by atoms with Crippen molar-refractivity contribution in [3.63, 3.8) is 0 Å². The topological polar surface area (TPSA) is 317 Å². The maximum absolute atomic E-state index is 14.8. The number of hydrogen-bond acceptors (Lipinski definition) is 20. The molecule has 24 nitrogen and oxygen atoms in total. The molecule has 32 heteroatoms. The maximum Gasteiger partial charge on any atom is 0.425 e. The lowest BCUT2D eigenvalue weighted by atomic mass is 9.82. The average molecular weight is 1670 g/mol. The number of allylic oxidation sites excluding steroid dienone is 4. The first-order chi connectivity index (χ1) is 54.2. The minimum Gasteiger partial charge on any atom is -0.491 e. The van der Waals surface area contributed by atoms with Gasteiger partial charge in [-0.15, -0.1) is 0 Å². The van der Waals surface area contributed by atoms with Crippen LogP contribution in [0.4, 0.5) is 26.3 Å². The van der Waals surface area contributed by atoms with Gasteiger partial charge in [-0.1, -0.05) is 52.0 Å². The molecule has 2 aromatic heterocycles. The van der Waals surface area contributed by atoms with Crippen LogP contribution in [0.25, 0.3) is 21.5 Å². The lowest BCUT2D eigenvalue weighted by Crippen LogP contribution is -2.48. The van der Waals surface area contributed by atoms with Crippen molar-refractivity contribution in [3.05, 3.63) is 85.2 Å². The monoisotopic (exact) mass is 1670 g/mol. The molecule has 2 N–H and O–H groups in total. The van der Waals surface area contributed by atoms with E-state index in [1.165, 1.54) is 9.80 Å². The van der Waals surface area contributed by atoms with E-state index in [-0.39, 0.29) is 87.4 Å². The maximum atomic E-state index is 14.8. The second-order valence-electron chi connectivity index (χ2n) is 34.9. The molecule has 6 heterocycles. The number of alkyl halides is 6. The number of nitrogens with zero attached hydrogens (tertiary/aromatic N) is 4. The summed E-state index contributed by atoms with van der Waals surface area (Å²) in [4.78, 5) is 124. The lowest BCUT2D eigenvalue weighted by molar-refractivity contribution is -0.216. The first-order valence-corrected chi connectivity index (χ1v) is 43.3. The quantitative estimate of drug-likeness (QED) is 0.0472. The third-order valence-electron chi connectivity index (χ3n) is 24.6. The highest BCUT2D eigenvalue weighted by molar-refractivity contribution is 7.92. The number of esters is 2. The van der Waals surface area contributed by atoms with Crippen molar-refractivity contribution in [2.45, 2.75) is 269 Å². The second kappa shape index (κ2) is 34.5. The molecule has 116 heavy (non-hydrogen) atoms. The first-order valence-electron chi connectivity index (χ1n) is 40.3. The smallest absolute Gasteiger partial charge is 0.425 e. The third-order valence-corrected chi connectivity index (χ3v) is 28.9. The molecule has 12 rings (SSSR count). The van der Waals surface area contributed by atoms with Crippen molar-refractivity contribution in [1.29, 1.82) is 0 Å². The molecule has 2 saturated heterocycles. The van der Waals surface area contributed by atoms with E-state index in [4.69, 9.17) is 28.4 Å². The summed E-state index contributed by atoms with van der Waals surface area (Å²) in [6, 6.07) is 12.1. The molecule has 4 aliphatic heterocycles. The highest BCUT2D eigenvalue weighted by Crippen LogP contribution is 2.59. The molecule has 0 spiro atoms. The van der Waals surface area contributed by atoms with E-state index in [2.05, 4.69) is 19.4 Å². The molecule has 4 amide bonds. The van der Waals surface area contributed by atoms with Crippen molar-refractivity contribution in [2.24, 2.45) is 58.2 Å². The molecule has 636 valence electrons. The molecule has 4 aliphatic carbocycles. The zero-order valence-electron chi connectivity index (χ0n) is 67.7. The Morgan fingerprint density at radius 2 is 0.905 bits per heavy atom. The summed E-state index contributed by atoms with van der Waals surface area (Å²) in [5.74, 6) is -8.44. The van der Waals surface area contributed by atoms with E-state index in [9.17, 15) is 81.5 Å². The number of fused-ring (bicyclic) bond motifs is 6. The lowest BCUT2D eigenvalue weighted by Gasteiger charge is -2.32. The zero-order valence-corrected chi connectivity index (χ0v) is 69.3. The number of carbonyl (C=O) groups is 8. The fourth-order valence-corrected chi connectivity index (χ4v) is 19.3. The van der Waals surface area contributed by atoms with Crippen LogP contribution in [0.5, 0.6) is 23.3 Å². The van der Waals surface area contributed by atoms with Crippen LogP contribution in [0.3, 0.4) is 0 Å². The summed E-state index contributed by atoms with van der Waals surface area (Å²) in [6.45, 7) is 19.5. The second-order valence-corrected chi connectivity index (χ2v) is 39.3. The number of nitrogens with one attached hydrogen (secondary N) is 2. The summed E-state index contributed by atoms with van der Waals surface area (Å²) in [6.07, 6.45) is -1.93. The van der Waals surface area contributed by atoms with Crippen molar-refractivity contribution < 1.29 is 110 Å². The third kappa shape index (κ3) is 20.5. The van der Waals surface area contributed by atoms with Gasteiger partial charge in [-0.2, -0.15) is 26.3 Å². The number of rotatable bonds is 20. The summed E-state index contributed by atoms with van der Waals surface area (Å²) in [7, 11) is -8.05. The van der Waals surface area contributed by atoms with Crippen molar-refractivity contribution >= 4 is 88.7 Å². The Morgan fingerprint density at radius 1 is 0.543 bits per heavy atom. The predicted molar refractivity (Wildman–Crippen MR) is 416 cm³/mol. The predicted octanol–water partition coefficient (Wildman–Crippen LogP) is 13.7. The molecule has 6 fully saturated rings. The number of halogens is 6. The molecule has 4 saturated carbocycles. The van der Waals surface area contributed by atoms with Gasteiger partial charge in [0.15, 0.2) is 23.8 Å². The molecular formula is C84H108F6N6O18S2. The Kier molecular flexibility index (Phi) is 26.3. The minimum absolute atomic E-state index is 0.0151. The molecule has 0 radical (unpaired) electrons. The van der Waals surface area contributed by atoms with E-state index in [1.807, 2.05) is 78.0 Å². The number of benzene rings is 2. The fourth-order valence-electron chi connectivity index (χ4n) is 16.6. The standard InChI is InChI=1S/2C42H54F3N3O9S/c2*1-24(2)55-30-11-12-32-28(18-30)13-16-46-37(32)57-31-19-34-35(49)22-41(39(52)47-58(53,54)40(6)14-15-40)21-29(41)10-8-7-9-25(3)17-26(4)33(38(51)48(34)23-31)20-36(50)56-27(5)42(43,44)45/h2*8,10-13,16,18,24-27,29,31,33-34H,7,9,14-15,17,19-23H2,1-6H3,(H,47,52)/b2*10-8-/t25-,26+,27+,29+,31+,33-,34-,41+;25-,26-,27-,29-,31-,33+,34+,41-/m01/s1. The first kappa shape index (κ1) is 88.4. The number of ketones is 2. The highest BCUT2D eigenvalue weighted by Gasteiger charge is 2.65. The molecular weight excluding hydrogens is 1560 g/mol. The Balaban J connectivity index is 0.000000228. The summed E-state index contributed by atoms with van der Waals surface area (Å²) < 4.78 is 170. The van der Waals surface area contributed by atoms with E-state index < -0.39 is 185 Å². The molecule has 4 aromatic rings. The van der Waals surface area contributed by atoms with Crippen LogP contribution in [0.1, 0.15) is 199 Å². The van der Waals surface area contributed by atoms with Gasteiger partial charge in [-0.25, -0.2) is 26.8 Å². The Bertz CT molecular complexity index is 4400. The molecule has 16 atom stereocenters. The van der Waals surface area contributed by atoms with Crippen LogP contribution < -0.4 is 28.4 Å². The van der Waals surface area contributed by atoms with E-state index >= 15 is 0 Å². The molecule has 0 unspecified atom stereocenters.